The molecule has 1 unspecified atom stereocenters. The van der Waals surface area contributed by atoms with Crippen LogP contribution in [0, 0.1) is 6.92 Å². The van der Waals surface area contributed by atoms with E-state index < -0.39 is 10.0 Å². The Hall–Kier alpha value is -0.910. The summed E-state index contributed by atoms with van der Waals surface area (Å²) in [6.07, 6.45) is 1.74. The van der Waals surface area contributed by atoms with Gasteiger partial charge in [0.2, 0.25) is 10.0 Å². The highest BCUT2D eigenvalue weighted by molar-refractivity contribution is 7.89. The summed E-state index contributed by atoms with van der Waals surface area (Å²) in [5, 5.41) is 0. The molecule has 0 amide bonds. The molecule has 0 bridgehead atoms. The first-order chi connectivity index (χ1) is 8.09. The van der Waals surface area contributed by atoms with Crippen LogP contribution in [0.3, 0.4) is 0 Å². The second kappa shape index (κ2) is 5.16. The lowest BCUT2D eigenvalue weighted by Gasteiger charge is -2.23. The normalized spacial score (nSPS) is 21.4. The zero-order chi connectivity index (χ0) is 12.3. The van der Waals surface area contributed by atoms with E-state index in [9.17, 15) is 8.42 Å². The van der Waals surface area contributed by atoms with Gasteiger partial charge in [0.25, 0.3) is 0 Å². The first kappa shape index (κ1) is 12.5. The molecule has 0 radical (unpaired) electrons. The number of hydrogen-bond donors (Lipinski definition) is 1. The highest BCUT2D eigenvalue weighted by atomic mass is 32.2. The van der Waals surface area contributed by atoms with Crippen LogP contribution in [0.5, 0.6) is 0 Å². The number of ether oxygens (including phenoxy) is 1. The summed E-state index contributed by atoms with van der Waals surface area (Å²) in [5.41, 5.74) is 0.761. The quantitative estimate of drug-likeness (QED) is 0.889. The fraction of sp³-hybridized carbons (Fsp3) is 0.500. The van der Waals surface area contributed by atoms with E-state index in [2.05, 4.69) is 4.72 Å². The molecule has 1 aromatic carbocycles. The third-order valence-corrected chi connectivity index (χ3v) is 4.55. The van der Waals surface area contributed by atoms with Crippen molar-refractivity contribution in [2.45, 2.75) is 30.7 Å². The zero-order valence-electron chi connectivity index (χ0n) is 9.85. The molecule has 1 fully saturated rings. The van der Waals surface area contributed by atoms with Gasteiger partial charge in [-0.1, -0.05) is 18.2 Å². The fourth-order valence-electron chi connectivity index (χ4n) is 1.97. The molecule has 1 heterocycles. The van der Waals surface area contributed by atoms with Gasteiger partial charge in [-0.2, -0.15) is 0 Å². The number of sulfonamides is 1. The number of hydrogen-bond acceptors (Lipinski definition) is 3. The van der Waals surface area contributed by atoms with Crippen LogP contribution in [-0.2, 0) is 14.8 Å². The fourth-order valence-corrected chi connectivity index (χ4v) is 3.48. The molecule has 0 aliphatic carbocycles. The average Bonchev–Trinajstić information content (AvgIpc) is 2.30. The SMILES string of the molecule is Cc1ccccc1S(=O)(=O)NC1CCCOC1. The topological polar surface area (TPSA) is 55.4 Å². The van der Waals surface area contributed by atoms with E-state index in [1.54, 1.807) is 25.1 Å². The van der Waals surface area contributed by atoms with Crippen molar-refractivity contribution in [3.05, 3.63) is 29.8 Å². The van der Waals surface area contributed by atoms with E-state index >= 15 is 0 Å². The van der Waals surface area contributed by atoms with Crippen molar-refractivity contribution in [1.29, 1.82) is 0 Å². The molecule has 0 aromatic heterocycles. The molecule has 2 rings (SSSR count). The Morgan fingerprint density at radius 3 is 2.76 bits per heavy atom. The van der Waals surface area contributed by atoms with Crippen molar-refractivity contribution in [3.8, 4) is 0 Å². The molecule has 1 aromatic rings. The van der Waals surface area contributed by atoms with Crippen LogP contribution < -0.4 is 4.72 Å². The Labute approximate surface area is 102 Å². The van der Waals surface area contributed by atoms with Crippen molar-refractivity contribution in [1.82, 2.24) is 4.72 Å². The smallest absolute Gasteiger partial charge is 0.241 e. The zero-order valence-corrected chi connectivity index (χ0v) is 10.7. The minimum absolute atomic E-state index is 0.103. The summed E-state index contributed by atoms with van der Waals surface area (Å²) in [6.45, 7) is 2.99. The summed E-state index contributed by atoms with van der Waals surface area (Å²) in [6, 6.07) is 6.89. The third-order valence-electron chi connectivity index (χ3n) is 2.87. The maximum absolute atomic E-state index is 12.2. The molecule has 1 N–H and O–H groups in total. The summed E-state index contributed by atoms with van der Waals surface area (Å²) in [4.78, 5) is 0.352. The molecular weight excluding hydrogens is 238 g/mol. The Balaban J connectivity index is 2.16. The van der Waals surface area contributed by atoms with Crippen LogP contribution in [0.15, 0.2) is 29.2 Å². The first-order valence-electron chi connectivity index (χ1n) is 5.75. The van der Waals surface area contributed by atoms with E-state index in [1.807, 2.05) is 6.07 Å². The number of aryl methyl sites for hydroxylation is 1. The van der Waals surface area contributed by atoms with Gasteiger partial charge >= 0.3 is 0 Å². The van der Waals surface area contributed by atoms with E-state index in [0.29, 0.717) is 11.5 Å². The molecule has 1 atom stereocenters. The van der Waals surface area contributed by atoms with Crippen LogP contribution >= 0.6 is 0 Å². The van der Waals surface area contributed by atoms with Gasteiger partial charge in [0, 0.05) is 12.6 Å². The van der Waals surface area contributed by atoms with Crippen LogP contribution in [0.2, 0.25) is 0 Å². The van der Waals surface area contributed by atoms with Crippen molar-refractivity contribution >= 4 is 10.0 Å². The molecule has 1 aliphatic rings. The van der Waals surface area contributed by atoms with Crippen molar-refractivity contribution in [3.63, 3.8) is 0 Å². The van der Waals surface area contributed by atoms with Gasteiger partial charge in [0.1, 0.15) is 0 Å². The standard InChI is InChI=1S/C12H17NO3S/c1-10-5-2-3-7-12(10)17(14,15)13-11-6-4-8-16-9-11/h2-3,5,7,11,13H,4,6,8-9H2,1H3. The second-order valence-electron chi connectivity index (χ2n) is 4.30. The van der Waals surface area contributed by atoms with Crippen LogP contribution in [-0.4, -0.2) is 27.7 Å². The average molecular weight is 255 g/mol. The molecule has 17 heavy (non-hydrogen) atoms. The molecule has 5 heteroatoms. The van der Waals surface area contributed by atoms with Gasteiger partial charge in [0.05, 0.1) is 11.5 Å². The summed E-state index contributed by atoms with van der Waals surface area (Å²) >= 11 is 0. The van der Waals surface area contributed by atoms with Crippen LogP contribution in [0.4, 0.5) is 0 Å². The van der Waals surface area contributed by atoms with E-state index in [-0.39, 0.29) is 6.04 Å². The van der Waals surface area contributed by atoms with Crippen molar-refractivity contribution in [2.75, 3.05) is 13.2 Å². The number of nitrogens with one attached hydrogen (secondary N) is 1. The third kappa shape index (κ3) is 3.06. The summed E-state index contributed by atoms with van der Waals surface area (Å²) in [5.74, 6) is 0. The lowest BCUT2D eigenvalue weighted by atomic mass is 10.1. The maximum atomic E-state index is 12.2. The van der Waals surface area contributed by atoms with Crippen molar-refractivity contribution in [2.24, 2.45) is 0 Å². The Kier molecular flexibility index (Phi) is 3.81. The van der Waals surface area contributed by atoms with Crippen molar-refractivity contribution < 1.29 is 13.2 Å². The minimum atomic E-state index is -3.42. The lowest BCUT2D eigenvalue weighted by Crippen LogP contribution is -2.40. The largest absolute Gasteiger partial charge is 0.380 e. The molecule has 0 spiro atoms. The molecule has 94 valence electrons. The van der Waals surface area contributed by atoms with Gasteiger partial charge in [0.15, 0.2) is 0 Å². The Bertz CT molecular complexity index is 478. The van der Waals surface area contributed by atoms with Crippen LogP contribution in [0.25, 0.3) is 0 Å². The molecule has 0 saturated carbocycles. The summed E-state index contributed by atoms with van der Waals surface area (Å²) < 4.78 is 32.3. The second-order valence-corrected chi connectivity index (χ2v) is 5.98. The van der Waals surface area contributed by atoms with E-state index in [1.165, 1.54) is 0 Å². The predicted octanol–water partition coefficient (Wildman–Crippen LogP) is 1.45. The summed E-state index contributed by atoms with van der Waals surface area (Å²) in [7, 11) is -3.42. The highest BCUT2D eigenvalue weighted by Crippen LogP contribution is 2.16. The minimum Gasteiger partial charge on any atom is -0.380 e. The molecule has 1 aliphatic heterocycles. The maximum Gasteiger partial charge on any atom is 0.241 e. The van der Waals surface area contributed by atoms with Crippen LogP contribution in [0.1, 0.15) is 18.4 Å². The van der Waals surface area contributed by atoms with E-state index in [0.717, 1.165) is 25.0 Å². The number of benzene rings is 1. The monoisotopic (exact) mass is 255 g/mol. The van der Waals surface area contributed by atoms with Gasteiger partial charge in [-0.15, -0.1) is 0 Å². The van der Waals surface area contributed by atoms with Gasteiger partial charge in [-0.05, 0) is 31.4 Å². The van der Waals surface area contributed by atoms with Gasteiger partial charge in [-0.25, -0.2) is 13.1 Å². The van der Waals surface area contributed by atoms with Gasteiger partial charge in [-0.3, -0.25) is 0 Å². The number of rotatable bonds is 3. The van der Waals surface area contributed by atoms with Gasteiger partial charge < -0.3 is 4.74 Å². The molecule has 4 nitrogen and oxygen atoms in total. The Morgan fingerprint density at radius 1 is 1.35 bits per heavy atom. The Morgan fingerprint density at radius 2 is 2.12 bits per heavy atom. The first-order valence-corrected chi connectivity index (χ1v) is 7.23. The highest BCUT2D eigenvalue weighted by Gasteiger charge is 2.23. The predicted molar refractivity (Wildman–Crippen MR) is 65.3 cm³/mol. The lowest BCUT2D eigenvalue weighted by molar-refractivity contribution is 0.0774. The van der Waals surface area contributed by atoms with E-state index in [4.69, 9.17) is 4.74 Å². The molecule has 1 saturated heterocycles. The molecular formula is C12H17NO3S.